The predicted molar refractivity (Wildman–Crippen MR) is 91.0 cm³/mol. The summed E-state index contributed by atoms with van der Waals surface area (Å²) in [6.45, 7) is 1.33. The maximum Gasteiger partial charge on any atom is 0.306 e. The van der Waals surface area contributed by atoms with Crippen LogP contribution in [0.5, 0.6) is 5.75 Å². The van der Waals surface area contributed by atoms with Crippen LogP contribution in [-0.4, -0.2) is 38.6 Å². The van der Waals surface area contributed by atoms with E-state index >= 15 is 0 Å². The number of carboxylic acids is 1. The van der Waals surface area contributed by atoms with Gasteiger partial charge in [0.25, 0.3) is 0 Å². The molecule has 0 spiro atoms. The van der Waals surface area contributed by atoms with Crippen LogP contribution in [0.4, 0.5) is 5.69 Å². The largest absolute Gasteiger partial charge is 0.495 e. The Morgan fingerprint density at radius 1 is 1.20 bits per heavy atom. The van der Waals surface area contributed by atoms with Crippen molar-refractivity contribution in [1.29, 1.82) is 0 Å². The Hall–Kier alpha value is -2.13. The smallest absolute Gasteiger partial charge is 0.306 e. The van der Waals surface area contributed by atoms with Crippen LogP contribution in [0.1, 0.15) is 32.6 Å². The number of carboxylic acid groups (broad SMARTS) is 1. The Morgan fingerprint density at radius 3 is 2.36 bits per heavy atom. The lowest BCUT2D eigenvalue weighted by atomic mass is 9.87. The number of ether oxygens (including phenoxy) is 1. The van der Waals surface area contributed by atoms with E-state index in [2.05, 4.69) is 10.0 Å². The second-order valence-corrected chi connectivity index (χ2v) is 7.74. The van der Waals surface area contributed by atoms with E-state index in [4.69, 9.17) is 9.84 Å². The molecular weight excluding hydrogens is 348 g/mol. The van der Waals surface area contributed by atoms with Gasteiger partial charge in [0.2, 0.25) is 15.9 Å². The summed E-state index contributed by atoms with van der Waals surface area (Å²) in [5, 5.41) is 11.6. The molecule has 1 aromatic carbocycles. The molecular formula is C16H22N2O6S. The van der Waals surface area contributed by atoms with Gasteiger partial charge in [-0.3, -0.25) is 9.59 Å². The van der Waals surface area contributed by atoms with E-state index in [9.17, 15) is 18.0 Å². The number of amides is 1. The summed E-state index contributed by atoms with van der Waals surface area (Å²) in [6, 6.07) is 4.04. The van der Waals surface area contributed by atoms with E-state index < -0.39 is 21.9 Å². The Bertz CT molecular complexity index is 754. The Labute approximate surface area is 146 Å². The fraction of sp³-hybridized carbons (Fsp3) is 0.500. The molecule has 9 heteroatoms. The van der Waals surface area contributed by atoms with Gasteiger partial charge in [-0.15, -0.1) is 0 Å². The number of carbonyl (C=O) groups excluding carboxylic acids is 1. The van der Waals surface area contributed by atoms with Gasteiger partial charge in [-0.2, -0.15) is 0 Å². The van der Waals surface area contributed by atoms with Crippen molar-refractivity contribution in [1.82, 2.24) is 4.72 Å². The molecule has 0 heterocycles. The zero-order valence-electron chi connectivity index (χ0n) is 14.1. The van der Waals surface area contributed by atoms with Crippen molar-refractivity contribution in [2.24, 2.45) is 5.92 Å². The van der Waals surface area contributed by atoms with Crippen molar-refractivity contribution in [3.8, 4) is 5.75 Å². The van der Waals surface area contributed by atoms with Crippen molar-refractivity contribution >= 4 is 27.6 Å². The van der Waals surface area contributed by atoms with Gasteiger partial charge in [-0.1, -0.05) is 0 Å². The number of hydrogen-bond acceptors (Lipinski definition) is 5. The van der Waals surface area contributed by atoms with E-state index in [0.29, 0.717) is 31.4 Å². The van der Waals surface area contributed by atoms with Crippen LogP contribution < -0.4 is 14.8 Å². The molecule has 8 nitrogen and oxygen atoms in total. The van der Waals surface area contributed by atoms with E-state index in [0.717, 1.165) is 0 Å². The minimum Gasteiger partial charge on any atom is -0.495 e. The lowest BCUT2D eigenvalue weighted by Gasteiger charge is -2.27. The SMILES string of the molecule is COc1ccc(NC(C)=O)cc1S(=O)(=O)NC1CCC(C(=O)O)CC1. The third-order valence-electron chi connectivity index (χ3n) is 4.17. The highest BCUT2D eigenvalue weighted by Gasteiger charge is 2.30. The number of nitrogens with one attached hydrogen (secondary N) is 2. The molecule has 1 fully saturated rings. The molecule has 3 N–H and O–H groups in total. The molecule has 0 saturated heterocycles. The van der Waals surface area contributed by atoms with Gasteiger partial charge in [-0.05, 0) is 43.9 Å². The number of anilines is 1. The third kappa shape index (κ3) is 4.93. The van der Waals surface area contributed by atoms with E-state index in [-0.39, 0.29) is 22.6 Å². The second kappa shape index (κ2) is 7.83. The molecule has 25 heavy (non-hydrogen) atoms. The number of sulfonamides is 1. The molecule has 0 aromatic heterocycles. The first kappa shape index (κ1) is 19.2. The van der Waals surface area contributed by atoms with Gasteiger partial charge in [0.15, 0.2) is 0 Å². The first-order valence-electron chi connectivity index (χ1n) is 7.93. The van der Waals surface area contributed by atoms with Gasteiger partial charge in [0.1, 0.15) is 10.6 Å². The van der Waals surface area contributed by atoms with Gasteiger partial charge >= 0.3 is 5.97 Å². The molecule has 1 aliphatic rings. The van der Waals surface area contributed by atoms with Gasteiger partial charge in [0.05, 0.1) is 13.0 Å². The molecule has 0 aliphatic heterocycles. The highest BCUT2D eigenvalue weighted by atomic mass is 32.2. The summed E-state index contributed by atoms with van der Waals surface area (Å²) in [5.74, 6) is -1.40. The lowest BCUT2D eigenvalue weighted by molar-refractivity contribution is -0.142. The fourth-order valence-electron chi connectivity index (χ4n) is 2.91. The van der Waals surface area contributed by atoms with Gasteiger partial charge in [0, 0.05) is 18.7 Å². The maximum atomic E-state index is 12.7. The summed E-state index contributed by atoms with van der Waals surface area (Å²) >= 11 is 0. The van der Waals surface area contributed by atoms with Crippen molar-refractivity contribution in [2.75, 3.05) is 12.4 Å². The highest BCUT2D eigenvalue weighted by molar-refractivity contribution is 7.89. The first-order chi connectivity index (χ1) is 11.7. The van der Waals surface area contributed by atoms with Crippen LogP contribution in [0, 0.1) is 5.92 Å². The number of aliphatic carboxylic acids is 1. The number of hydrogen-bond donors (Lipinski definition) is 3. The van der Waals surface area contributed by atoms with Crippen molar-refractivity contribution in [2.45, 2.75) is 43.5 Å². The quantitative estimate of drug-likeness (QED) is 0.699. The second-order valence-electron chi connectivity index (χ2n) is 6.05. The number of rotatable bonds is 6. The molecule has 1 amide bonds. The van der Waals surface area contributed by atoms with Crippen LogP contribution in [0.3, 0.4) is 0 Å². The fourth-order valence-corrected chi connectivity index (χ4v) is 4.41. The minimum absolute atomic E-state index is 0.0680. The number of methoxy groups -OCH3 is 1. The first-order valence-corrected chi connectivity index (χ1v) is 9.42. The van der Waals surface area contributed by atoms with Crippen LogP contribution in [0.2, 0.25) is 0 Å². The minimum atomic E-state index is -3.87. The average Bonchev–Trinajstić information content (AvgIpc) is 2.54. The summed E-state index contributed by atoms with van der Waals surface area (Å²) < 4.78 is 33.2. The molecule has 0 bridgehead atoms. The van der Waals surface area contributed by atoms with Crippen molar-refractivity contribution in [3.05, 3.63) is 18.2 Å². The van der Waals surface area contributed by atoms with Crippen molar-refractivity contribution < 1.29 is 27.9 Å². The topological polar surface area (TPSA) is 122 Å². The average molecular weight is 370 g/mol. The van der Waals surface area contributed by atoms with E-state index in [1.807, 2.05) is 0 Å². The van der Waals surface area contributed by atoms with Crippen molar-refractivity contribution in [3.63, 3.8) is 0 Å². The number of carbonyl (C=O) groups is 2. The normalized spacial score (nSPS) is 20.7. The van der Waals surface area contributed by atoms with E-state index in [1.165, 1.54) is 26.2 Å². The molecule has 1 aliphatic carbocycles. The highest BCUT2D eigenvalue weighted by Crippen LogP contribution is 2.30. The van der Waals surface area contributed by atoms with Crippen LogP contribution in [-0.2, 0) is 19.6 Å². The Morgan fingerprint density at radius 2 is 1.84 bits per heavy atom. The monoisotopic (exact) mass is 370 g/mol. The molecule has 0 unspecified atom stereocenters. The van der Waals surface area contributed by atoms with Crippen LogP contribution in [0.25, 0.3) is 0 Å². The summed E-state index contributed by atoms with van der Waals surface area (Å²) in [6.07, 6.45) is 1.80. The summed E-state index contributed by atoms with van der Waals surface area (Å²) in [7, 11) is -2.51. The molecule has 138 valence electrons. The van der Waals surface area contributed by atoms with Gasteiger partial charge < -0.3 is 15.2 Å². The summed E-state index contributed by atoms with van der Waals surface area (Å²) in [4.78, 5) is 22.1. The molecule has 1 saturated carbocycles. The van der Waals surface area contributed by atoms with Crippen LogP contribution >= 0.6 is 0 Å². The Kier molecular flexibility index (Phi) is 6.02. The molecule has 2 rings (SSSR count). The summed E-state index contributed by atoms with van der Waals surface area (Å²) in [5.41, 5.74) is 0.350. The van der Waals surface area contributed by atoms with Crippen LogP contribution in [0.15, 0.2) is 23.1 Å². The zero-order chi connectivity index (χ0) is 18.6. The lowest BCUT2D eigenvalue weighted by Crippen LogP contribution is -2.38. The predicted octanol–water partition coefficient (Wildman–Crippen LogP) is 1.58. The van der Waals surface area contributed by atoms with E-state index in [1.54, 1.807) is 6.07 Å². The molecule has 0 radical (unpaired) electrons. The maximum absolute atomic E-state index is 12.7. The molecule has 0 atom stereocenters. The molecule has 1 aromatic rings. The number of benzene rings is 1. The standard InChI is InChI=1S/C16H22N2O6S/c1-10(19)17-13-7-8-14(24-2)15(9-13)25(22,23)18-12-5-3-11(4-6-12)16(20)21/h7-9,11-12,18H,3-6H2,1-2H3,(H,17,19)(H,20,21). The zero-order valence-corrected chi connectivity index (χ0v) is 14.9. The third-order valence-corrected chi connectivity index (χ3v) is 5.71. The van der Waals surface area contributed by atoms with Gasteiger partial charge in [-0.25, -0.2) is 13.1 Å². The Balaban J connectivity index is 2.18.